The Labute approximate surface area is 138 Å². The number of nitrogens with zero attached hydrogens (tertiary/aromatic N) is 3. The Morgan fingerprint density at radius 1 is 1.48 bits per heavy atom. The van der Waals surface area contributed by atoms with Crippen LogP contribution in [0.1, 0.15) is 28.4 Å². The number of non-ortho nitro benzene ring substituents is 1. The third-order valence-electron chi connectivity index (χ3n) is 3.52. The Kier molecular flexibility index (Phi) is 5.23. The van der Waals surface area contributed by atoms with E-state index < -0.39 is 4.92 Å². The summed E-state index contributed by atoms with van der Waals surface area (Å²) in [6.45, 7) is 3.74. The Morgan fingerprint density at radius 2 is 2.22 bits per heavy atom. The molecule has 0 aliphatic rings. The predicted molar refractivity (Wildman–Crippen MR) is 90.2 cm³/mol. The van der Waals surface area contributed by atoms with Gasteiger partial charge in [-0.15, -0.1) is 11.3 Å². The van der Waals surface area contributed by atoms with Gasteiger partial charge in [-0.2, -0.15) is 0 Å². The summed E-state index contributed by atoms with van der Waals surface area (Å²) in [6, 6.07) is 6.06. The summed E-state index contributed by atoms with van der Waals surface area (Å²) in [6.07, 6.45) is 4.93. The van der Waals surface area contributed by atoms with Gasteiger partial charge in [0, 0.05) is 36.3 Å². The van der Waals surface area contributed by atoms with E-state index in [0.717, 1.165) is 15.4 Å². The second kappa shape index (κ2) is 7.15. The van der Waals surface area contributed by atoms with Crippen LogP contribution in [-0.2, 0) is 4.79 Å². The first-order valence-corrected chi connectivity index (χ1v) is 7.82. The van der Waals surface area contributed by atoms with E-state index in [1.54, 1.807) is 36.4 Å². The number of carbonyl (C=O) groups is 1. The number of nitro groups is 1. The number of benzene rings is 1. The maximum Gasteiger partial charge on any atom is 0.269 e. The summed E-state index contributed by atoms with van der Waals surface area (Å²) >= 11 is 1.51. The van der Waals surface area contributed by atoms with Crippen LogP contribution in [-0.4, -0.2) is 27.8 Å². The molecule has 7 heteroatoms. The van der Waals surface area contributed by atoms with Crippen LogP contribution in [0.3, 0.4) is 0 Å². The van der Waals surface area contributed by atoms with E-state index in [4.69, 9.17) is 0 Å². The van der Waals surface area contributed by atoms with Crippen molar-refractivity contribution in [2.45, 2.75) is 19.9 Å². The molecular weight excluding hydrogens is 314 g/mol. The van der Waals surface area contributed by atoms with Gasteiger partial charge in [-0.1, -0.05) is 12.1 Å². The highest BCUT2D eigenvalue weighted by Crippen LogP contribution is 2.23. The monoisotopic (exact) mass is 331 g/mol. The molecule has 0 unspecified atom stereocenters. The highest BCUT2D eigenvalue weighted by atomic mass is 32.1. The minimum absolute atomic E-state index is 0.0193. The van der Waals surface area contributed by atoms with E-state index in [1.165, 1.54) is 29.5 Å². The molecule has 0 radical (unpaired) electrons. The summed E-state index contributed by atoms with van der Waals surface area (Å²) in [5.41, 5.74) is 0.739. The topological polar surface area (TPSA) is 76.3 Å². The first-order valence-electron chi connectivity index (χ1n) is 7.00. The van der Waals surface area contributed by atoms with Crippen molar-refractivity contribution in [2.24, 2.45) is 0 Å². The van der Waals surface area contributed by atoms with Gasteiger partial charge in [0.1, 0.15) is 0 Å². The molecule has 0 bridgehead atoms. The molecule has 0 spiro atoms. The van der Waals surface area contributed by atoms with E-state index in [1.807, 2.05) is 13.8 Å². The Bertz CT molecular complexity index is 755. The van der Waals surface area contributed by atoms with Crippen LogP contribution in [0.4, 0.5) is 5.69 Å². The zero-order valence-electron chi connectivity index (χ0n) is 13.1. The second-order valence-corrected chi connectivity index (χ2v) is 6.36. The van der Waals surface area contributed by atoms with E-state index in [2.05, 4.69) is 4.98 Å². The molecule has 1 atom stereocenters. The SMILES string of the molecule is Cc1ncc(/C=C\C(=O)N(C)[C@@H](C)c2cccc([N+](=O)[O-])c2)s1. The lowest BCUT2D eigenvalue weighted by Crippen LogP contribution is -2.28. The van der Waals surface area contributed by atoms with Crippen molar-refractivity contribution in [3.8, 4) is 0 Å². The predicted octanol–water partition coefficient (Wildman–Crippen LogP) is 3.59. The lowest BCUT2D eigenvalue weighted by Gasteiger charge is -2.24. The number of thiazole rings is 1. The van der Waals surface area contributed by atoms with Crippen molar-refractivity contribution in [3.05, 3.63) is 62.1 Å². The van der Waals surface area contributed by atoms with E-state index in [9.17, 15) is 14.9 Å². The summed E-state index contributed by atoms with van der Waals surface area (Å²) in [4.78, 5) is 29.2. The quantitative estimate of drug-likeness (QED) is 0.476. The molecule has 0 aliphatic carbocycles. The van der Waals surface area contributed by atoms with Crippen molar-refractivity contribution in [3.63, 3.8) is 0 Å². The van der Waals surface area contributed by atoms with Gasteiger partial charge < -0.3 is 4.90 Å². The van der Waals surface area contributed by atoms with Crippen LogP contribution in [0.2, 0.25) is 0 Å². The van der Waals surface area contributed by atoms with Crippen molar-refractivity contribution in [2.75, 3.05) is 7.05 Å². The number of hydrogen-bond donors (Lipinski definition) is 0. The van der Waals surface area contributed by atoms with Gasteiger partial charge in [-0.3, -0.25) is 14.9 Å². The van der Waals surface area contributed by atoms with Gasteiger partial charge in [-0.25, -0.2) is 4.98 Å². The van der Waals surface area contributed by atoms with Gasteiger partial charge in [-0.05, 0) is 25.5 Å². The highest BCUT2D eigenvalue weighted by molar-refractivity contribution is 7.12. The standard InChI is InChI=1S/C16H17N3O3S/c1-11(13-5-4-6-14(9-13)19(21)22)18(3)16(20)8-7-15-10-17-12(2)23-15/h4-11H,1-3H3/b8-7-/t11-/m0/s1. The molecule has 2 aromatic rings. The normalized spacial score (nSPS) is 12.3. The fourth-order valence-corrected chi connectivity index (χ4v) is 2.73. The molecule has 6 nitrogen and oxygen atoms in total. The first kappa shape index (κ1) is 16.8. The van der Waals surface area contributed by atoms with Crippen LogP contribution in [0.5, 0.6) is 0 Å². The smallest absolute Gasteiger partial charge is 0.269 e. The fraction of sp³-hybridized carbons (Fsp3) is 0.250. The van der Waals surface area contributed by atoms with Crippen molar-refractivity contribution in [1.29, 1.82) is 0 Å². The number of amides is 1. The highest BCUT2D eigenvalue weighted by Gasteiger charge is 2.17. The van der Waals surface area contributed by atoms with Crippen molar-refractivity contribution >= 4 is 29.0 Å². The zero-order chi connectivity index (χ0) is 17.0. The molecule has 23 heavy (non-hydrogen) atoms. The zero-order valence-corrected chi connectivity index (χ0v) is 13.9. The molecule has 1 aromatic carbocycles. The van der Waals surface area contributed by atoms with Crippen molar-refractivity contribution in [1.82, 2.24) is 9.88 Å². The van der Waals surface area contributed by atoms with Crippen LogP contribution >= 0.6 is 11.3 Å². The molecular formula is C16H17N3O3S. The Hall–Kier alpha value is -2.54. The number of carbonyl (C=O) groups excluding carboxylic acids is 1. The number of aromatic nitrogens is 1. The second-order valence-electron chi connectivity index (χ2n) is 5.09. The number of rotatable bonds is 5. The maximum absolute atomic E-state index is 12.2. The number of aryl methyl sites for hydroxylation is 1. The lowest BCUT2D eigenvalue weighted by atomic mass is 10.1. The van der Waals surface area contributed by atoms with Crippen LogP contribution in [0, 0.1) is 17.0 Å². The molecule has 0 saturated heterocycles. The van der Waals surface area contributed by atoms with Gasteiger partial charge in [0.2, 0.25) is 5.91 Å². The van der Waals surface area contributed by atoms with Crippen LogP contribution in [0.15, 0.2) is 36.5 Å². The maximum atomic E-state index is 12.2. The van der Waals surface area contributed by atoms with E-state index in [0.29, 0.717) is 0 Å². The fourth-order valence-electron chi connectivity index (χ4n) is 2.04. The Balaban J connectivity index is 2.10. The number of hydrogen-bond acceptors (Lipinski definition) is 5. The molecule has 2 rings (SSSR count). The van der Waals surface area contributed by atoms with Crippen LogP contribution in [0.25, 0.3) is 6.08 Å². The van der Waals surface area contributed by atoms with Crippen molar-refractivity contribution < 1.29 is 9.72 Å². The van der Waals surface area contributed by atoms with Gasteiger partial charge in [0.15, 0.2) is 0 Å². The summed E-state index contributed by atoms with van der Waals surface area (Å²) in [7, 11) is 1.67. The van der Waals surface area contributed by atoms with Gasteiger partial charge >= 0.3 is 0 Å². The third-order valence-corrected chi connectivity index (χ3v) is 4.40. The molecule has 0 fully saturated rings. The molecule has 0 N–H and O–H groups in total. The largest absolute Gasteiger partial charge is 0.335 e. The summed E-state index contributed by atoms with van der Waals surface area (Å²) < 4.78 is 0. The molecule has 1 heterocycles. The van der Waals surface area contributed by atoms with Gasteiger partial charge in [0.25, 0.3) is 5.69 Å². The third kappa shape index (κ3) is 4.23. The van der Waals surface area contributed by atoms with Crippen LogP contribution < -0.4 is 0 Å². The summed E-state index contributed by atoms with van der Waals surface area (Å²) in [5.74, 6) is -0.171. The minimum atomic E-state index is -0.440. The van der Waals surface area contributed by atoms with E-state index in [-0.39, 0.29) is 17.6 Å². The molecule has 1 aromatic heterocycles. The summed E-state index contributed by atoms with van der Waals surface area (Å²) in [5, 5.41) is 11.8. The molecule has 0 aliphatic heterocycles. The lowest BCUT2D eigenvalue weighted by molar-refractivity contribution is -0.384. The molecule has 0 saturated carbocycles. The molecule has 120 valence electrons. The minimum Gasteiger partial charge on any atom is -0.335 e. The number of likely N-dealkylation sites (N-methyl/N-ethyl adjacent to an activating group) is 1. The van der Waals surface area contributed by atoms with Gasteiger partial charge in [0.05, 0.1) is 16.0 Å². The number of nitro benzene ring substituents is 1. The van der Waals surface area contributed by atoms with E-state index >= 15 is 0 Å². The molecule has 1 amide bonds. The average Bonchev–Trinajstić information content (AvgIpc) is 2.96. The Morgan fingerprint density at radius 3 is 2.83 bits per heavy atom. The average molecular weight is 331 g/mol. The first-order chi connectivity index (χ1) is 10.9.